The Morgan fingerprint density at radius 2 is 2.35 bits per heavy atom. The lowest BCUT2D eigenvalue weighted by atomic mass is 9.77. The van der Waals surface area contributed by atoms with Crippen LogP contribution in [0.15, 0.2) is 4.52 Å². The molecule has 2 rings (SSSR count). The van der Waals surface area contributed by atoms with E-state index in [0.717, 1.165) is 12.4 Å². The highest BCUT2D eigenvalue weighted by atomic mass is 16.5. The van der Waals surface area contributed by atoms with Crippen LogP contribution in [-0.2, 0) is 11.2 Å². The molecule has 0 amide bonds. The second-order valence-corrected chi connectivity index (χ2v) is 5.27. The summed E-state index contributed by atoms with van der Waals surface area (Å²) in [5.41, 5.74) is 0.170. The SMILES string of the molecule is COCCc1noc(C2NCCCC2(C)C)n1. The van der Waals surface area contributed by atoms with Crippen molar-refractivity contribution in [2.45, 2.75) is 39.2 Å². The molecule has 1 atom stereocenters. The van der Waals surface area contributed by atoms with Gasteiger partial charge in [0.1, 0.15) is 0 Å². The van der Waals surface area contributed by atoms with Gasteiger partial charge in [-0.15, -0.1) is 0 Å². The average Bonchev–Trinajstić information content (AvgIpc) is 2.74. The molecule has 96 valence electrons. The topological polar surface area (TPSA) is 60.2 Å². The number of nitrogens with one attached hydrogen (secondary N) is 1. The van der Waals surface area contributed by atoms with Crippen LogP contribution in [0.2, 0.25) is 0 Å². The van der Waals surface area contributed by atoms with Crippen molar-refractivity contribution in [1.82, 2.24) is 15.5 Å². The molecule has 2 heterocycles. The molecule has 1 aromatic rings. The first-order valence-corrected chi connectivity index (χ1v) is 6.18. The van der Waals surface area contributed by atoms with E-state index >= 15 is 0 Å². The average molecular weight is 239 g/mol. The normalized spacial score (nSPS) is 23.8. The summed E-state index contributed by atoms with van der Waals surface area (Å²) in [5.74, 6) is 1.44. The van der Waals surface area contributed by atoms with Gasteiger partial charge in [-0.25, -0.2) is 0 Å². The van der Waals surface area contributed by atoms with E-state index in [1.807, 2.05) is 0 Å². The summed E-state index contributed by atoms with van der Waals surface area (Å²) >= 11 is 0. The Balaban J connectivity index is 2.07. The van der Waals surface area contributed by atoms with Crippen LogP contribution < -0.4 is 5.32 Å². The Hall–Kier alpha value is -0.940. The fourth-order valence-corrected chi connectivity index (χ4v) is 2.31. The van der Waals surface area contributed by atoms with Gasteiger partial charge in [-0.3, -0.25) is 0 Å². The van der Waals surface area contributed by atoms with Crippen molar-refractivity contribution in [3.63, 3.8) is 0 Å². The maximum absolute atomic E-state index is 5.36. The molecule has 1 saturated heterocycles. The Morgan fingerprint density at radius 1 is 1.53 bits per heavy atom. The Bertz CT molecular complexity index is 362. The van der Waals surface area contributed by atoms with Crippen LogP contribution in [0.1, 0.15) is 44.4 Å². The van der Waals surface area contributed by atoms with Crippen LogP contribution in [0.4, 0.5) is 0 Å². The quantitative estimate of drug-likeness (QED) is 0.866. The summed E-state index contributed by atoms with van der Waals surface area (Å²) in [5, 5.41) is 7.46. The highest BCUT2D eigenvalue weighted by Gasteiger charge is 2.36. The van der Waals surface area contributed by atoms with E-state index in [1.165, 1.54) is 12.8 Å². The van der Waals surface area contributed by atoms with Gasteiger partial charge < -0.3 is 14.6 Å². The van der Waals surface area contributed by atoms with E-state index in [1.54, 1.807) is 7.11 Å². The van der Waals surface area contributed by atoms with Crippen LogP contribution in [0, 0.1) is 5.41 Å². The van der Waals surface area contributed by atoms with E-state index in [0.29, 0.717) is 18.9 Å². The molecule has 5 nitrogen and oxygen atoms in total. The lowest BCUT2D eigenvalue weighted by Gasteiger charge is -2.36. The van der Waals surface area contributed by atoms with Crippen molar-refractivity contribution in [3.05, 3.63) is 11.7 Å². The van der Waals surface area contributed by atoms with Crippen molar-refractivity contribution < 1.29 is 9.26 Å². The van der Waals surface area contributed by atoms with E-state index in [4.69, 9.17) is 9.26 Å². The van der Waals surface area contributed by atoms with Gasteiger partial charge in [-0.05, 0) is 24.8 Å². The zero-order chi connectivity index (χ0) is 12.3. The summed E-state index contributed by atoms with van der Waals surface area (Å²) < 4.78 is 10.4. The molecule has 0 radical (unpaired) electrons. The highest BCUT2D eigenvalue weighted by molar-refractivity contribution is 5.01. The summed E-state index contributed by atoms with van der Waals surface area (Å²) in [6, 6.07) is 0.167. The van der Waals surface area contributed by atoms with Crippen LogP contribution in [0.5, 0.6) is 0 Å². The van der Waals surface area contributed by atoms with Gasteiger partial charge in [0.05, 0.1) is 12.6 Å². The standard InChI is InChI=1S/C12H21N3O2/c1-12(2)6-4-7-13-10(12)11-14-9(15-17-11)5-8-16-3/h10,13H,4-8H2,1-3H3. The molecule has 1 fully saturated rings. The van der Waals surface area contributed by atoms with Gasteiger partial charge in [-0.2, -0.15) is 4.98 Å². The van der Waals surface area contributed by atoms with Gasteiger partial charge >= 0.3 is 0 Å². The number of methoxy groups -OCH3 is 1. The molecule has 0 aromatic carbocycles. The van der Waals surface area contributed by atoms with E-state index < -0.39 is 0 Å². The third-order valence-corrected chi connectivity index (χ3v) is 3.39. The third kappa shape index (κ3) is 2.84. The predicted molar refractivity (Wildman–Crippen MR) is 63.6 cm³/mol. The lowest BCUT2D eigenvalue weighted by molar-refractivity contribution is 0.146. The molecule has 17 heavy (non-hydrogen) atoms. The summed E-state index contributed by atoms with van der Waals surface area (Å²) in [4.78, 5) is 4.45. The number of nitrogens with zero attached hydrogens (tertiary/aromatic N) is 2. The number of hydrogen-bond acceptors (Lipinski definition) is 5. The van der Waals surface area contributed by atoms with E-state index in [-0.39, 0.29) is 11.5 Å². The first-order chi connectivity index (χ1) is 8.13. The number of piperidine rings is 1. The fraction of sp³-hybridized carbons (Fsp3) is 0.833. The largest absolute Gasteiger partial charge is 0.384 e. The predicted octanol–water partition coefficient (Wildman–Crippen LogP) is 1.71. The molecule has 0 saturated carbocycles. The van der Waals surface area contributed by atoms with E-state index in [2.05, 4.69) is 29.3 Å². The van der Waals surface area contributed by atoms with Crippen molar-refractivity contribution in [2.75, 3.05) is 20.3 Å². The van der Waals surface area contributed by atoms with Gasteiger partial charge in [0.2, 0.25) is 5.89 Å². The first-order valence-electron chi connectivity index (χ1n) is 6.18. The minimum absolute atomic E-state index is 0.167. The van der Waals surface area contributed by atoms with Crippen LogP contribution in [0.25, 0.3) is 0 Å². The van der Waals surface area contributed by atoms with Gasteiger partial charge in [0.25, 0.3) is 0 Å². The zero-order valence-electron chi connectivity index (χ0n) is 10.8. The Labute approximate surface area is 102 Å². The monoisotopic (exact) mass is 239 g/mol. The third-order valence-electron chi connectivity index (χ3n) is 3.39. The lowest BCUT2D eigenvalue weighted by Crippen LogP contribution is -2.39. The van der Waals surface area contributed by atoms with Crippen molar-refractivity contribution in [3.8, 4) is 0 Å². The number of rotatable bonds is 4. The molecular weight excluding hydrogens is 218 g/mol. The minimum Gasteiger partial charge on any atom is -0.384 e. The second-order valence-electron chi connectivity index (χ2n) is 5.27. The molecule has 0 spiro atoms. The molecule has 1 N–H and O–H groups in total. The fourth-order valence-electron chi connectivity index (χ4n) is 2.31. The molecule has 1 aliphatic rings. The molecule has 1 aromatic heterocycles. The maximum atomic E-state index is 5.36. The number of aromatic nitrogens is 2. The Morgan fingerprint density at radius 3 is 3.06 bits per heavy atom. The molecule has 1 aliphatic heterocycles. The Kier molecular flexibility index (Phi) is 3.79. The minimum atomic E-state index is 0.167. The first kappa shape index (κ1) is 12.5. The van der Waals surface area contributed by atoms with Crippen LogP contribution in [-0.4, -0.2) is 30.4 Å². The summed E-state index contributed by atoms with van der Waals surface area (Å²) in [6.07, 6.45) is 3.09. The van der Waals surface area contributed by atoms with Gasteiger partial charge in [-0.1, -0.05) is 19.0 Å². The molecular formula is C12H21N3O2. The summed E-state index contributed by atoms with van der Waals surface area (Å²) in [6.45, 7) is 6.12. The number of hydrogen-bond donors (Lipinski definition) is 1. The smallest absolute Gasteiger partial charge is 0.244 e. The second kappa shape index (κ2) is 5.14. The molecule has 0 bridgehead atoms. The van der Waals surface area contributed by atoms with E-state index in [9.17, 15) is 0 Å². The molecule has 5 heteroatoms. The van der Waals surface area contributed by atoms with Crippen molar-refractivity contribution in [2.24, 2.45) is 5.41 Å². The maximum Gasteiger partial charge on any atom is 0.244 e. The summed E-state index contributed by atoms with van der Waals surface area (Å²) in [7, 11) is 1.67. The van der Waals surface area contributed by atoms with Gasteiger partial charge in [0.15, 0.2) is 5.82 Å². The highest BCUT2D eigenvalue weighted by Crippen LogP contribution is 2.39. The molecule has 0 aliphatic carbocycles. The zero-order valence-corrected chi connectivity index (χ0v) is 10.8. The van der Waals surface area contributed by atoms with Crippen molar-refractivity contribution in [1.29, 1.82) is 0 Å². The van der Waals surface area contributed by atoms with Crippen molar-refractivity contribution >= 4 is 0 Å². The number of ether oxygens (including phenoxy) is 1. The van der Waals surface area contributed by atoms with Crippen LogP contribution in [0.3, 0.4) is 0 Å². The van der Waals surface area contributed by atoms with Crippen LogP contribution >= 0.6 is 0 Å². The molecule has 1 unspecified atom stereocenters. The van der Waals surface area contributed by atoms with Gasteiger partial charge in [0, 0.05) is 13.5 Å².